The van der Waals surface area contributed by atoms with Gasteiger partial charge in [0.15, 0.2) is 5.54 Å². The van der Waals surface area contributed by atoms with Crippen LogP contribution in [0.2, 0.25) is 0 Å². The molecule has 2 aromatic rings. The number of urea groups is 1. The van der Waals surface area contributed by atoms with Gasteiger partial charge in [-0.2, -0.15) is 26.3 Å². The first kappa shape index (κ1) is 36.5. The quantitative estimate of drug-likeness (QED) is 0.294. The van der Waals surface area contributed by atoms with Crippen LogP contribution >= 0.6 is 0 Å². The van der Waals surface area contributed by atoms with Gasteiger partial charge in [-0.3, -0.25) is 19.5 Å². The number of nitrogens with zero attached hydrogens (tertiary/aromatic N) is 4. The Kier molecular flexibility index (Phi) is 9.83. The van der Waals surface area contributed by atoms with Gasteiger partial charge in [-0.1, -0.05) is 18.2 Å². The number of imide groups is 1. The van der Waals surface area contributed by atoms with Gasteiger partial charge < -0.3 is 25.0 Å². The first-order chi connectivity index (χ1) is 22.1. The molecule has 0 aliphatic carbocycles. The smallest absolute Gasteiger partial charge is 0.430 e. The van der Waals surface area contributed by atoms with Gasteiger partial charge in [0.25, 0.3) is 11.5 Å². The number of carbonyl (C=O) groups excluding carboxylic acids is 3. The average molecular weight is 686 g/mol. The number of nitrogens with one attached hydrogen (secondary N) is 1. The number of halogens is 6. The van der Waals surface area contributed by atoms with E-state index in [1.54, 1.807) is 30.9 Å². The molecule has 16 heteroatoms. The third-order valence-corrected chi connectivity index (χ3v) is 8.42. The lowest BCUT2D eigenvalue weighted by Crippen LogP contribution is -2.60. The number of rotatable bonds is 8. The van der Waals surface area contributed by atoms with E-state index in [0.29, 0.717) is 17.9 Å². The summed E-state index contributed by atoms with van der Waals surface area (Å²) in [7, 11) is 0. The number of benzene rings is 1. The summed E-state index contributed by atoms with van der Waals surface area (Å²) in [5.41, 5.74) is -7.48. The third-order valence-electron chi connectivity index (χ3n) is 8.42. The van der Waals surface area contributed by atoms with Crippen LogP contribution in [0.25, 0.3) is 6.08 Å². The Morgan fingerprint density at radius 1 is 1.08 bits per heavy atom. The van der Waals surface area contributed by atoms with Crippen molar-refractivity contribution in [2.24, 2.45) is 0 Å². The van der Waals surface area contributed by atoms with Crippen molar-refractivity contribution in [2.45, 2.75) is 83.2 Å². The summed E-state index contributed by atoms with van der Waals surface area (Å²) in [4.78, 5) is 48.1. The highest BCUT2D eigenvalue weighted by Crippen LogP contribution is 2.50. The highest BCUT2D eigenvalue weighted by molar-refractivity contribution is 6.09. The Morgan fingerprint density at radius 3 is 2.27 bits per heavy atom. The topological polar surface area (TPSA) is 115 Å². The third kappa shape index (κ3) is 6.54. The Hall–Kier alpha value is -4.34. The molecule has 1 unspecified atom stereocenters. The van der Waals surface area contributed by atoms with Crippen molar-refractivity contribution in [3.8, 4) is 5.75 Å². The summed E-state index contributed by atoms with van der Waals surface area (Å²) < 4.78 is 87.0. The molecule has 0 saturated carbocycles. The van der Waals surface area contributed by atoms with Crippen molar-refractivity contribution in [1.29, 1.82) is 0 Å². The van der Waals surface area contributed by atoms with Gasteiger partial charge in [0.05, 0.1) is 18.0 Å². The molecule has 3 atom stereocenters. The molecule has 0 radical (unpaired) electrons. The van der Waals surface area contributed by atoms with Gasteiger partial charge in [0, 0.05) is 36.4 Å². The van der Waals surface area contributed by atoms with Crippen LogP contribution in [0.1, 0.15) is 58.4 Å². The number of aliphatic hydroxyl groups is 1. The second kappa shape index (κ2) is 12.9. The standard InChI is InChI=1S/C32H37F6N5O5/c1-7-8-21-13-22(30(47,31(33,34)35)32(36,37)38)9-11-24(21)41-15-20(5)42(16-19(41)4)26(44)17-43-27(45)29(6,40-28(43)46)25-12-10-23(14-39-25)48-18(2)3/h7-14,18-20,47H,15-17H2,1-6H3,(H,40,46)/b8-7-/t19-,20+,29?/m0/s1. The van der Waals surface area contributed by atoms with E-state index in [1.165, 1.54) is 37.1 Å². The van der Waals surface area contributed by atoms with Crippen LogP contribution in [0.4, 0.5) is 36.8 Å². The molecule has 2 aliphatic heterocycles. The maximum Gasteiger partial charge on any atom is 0.430 e. The molecule has 2 fully saturated rings. The van der Waals surface area contributed by atoms with Crippen LogP contribution in [-0.2, 0) is 20.7 Å². The molecule has 262 valence electrons. The van der Waals surface area contributed by atoms with Crippen LogP contribution in [0.15, 0.2) is 42.6 Å². The SMILES string of the molecule is C/C=C\c1cc(C(O)(C(F)(F)F)C(F)(F)F)ccc1N1C[C@@H](C)N(C(=O)CN2C(=O)NC(C)(c3ccc(OC(C)C)cn3)C2=O)C[C@@H]1C. The van der Waals surface area contributed by atoms with Crippen molar-refractivity contribution in [1.82, 2.24) is 20.1 Å². The first-order valence-electron chi connectivity index (χ1n) is 15.1. The van der Waals surface area contributed by atoms with Crippen LogP contribution < -0.4 is 15.0 Å². The van der Waals surface area contributed by atoms with Crippen molar-refractivity contribution in [3.63, 3.8) is 0 Å². The molecule has 3 heterocycles. The Balaban J connectivity index is 1.52. The van der Waals surface area contributed by atoms with Crippen LogP contribution in [0.3, 0.4) is 0 Å². The largest absolute Gasteiger partial charge is 0.489 e. The fourth-order valence-electron chi connectivity index (χ4n) is 5.91. The molecular formula is C32H37F6N5O5. The predicted octanol–water partition coefficient (Wildman–Crippen LogP) is 5.11. The normalized spacial score (nSPS) is 22.6. The number of allylic oxidation sites excluding steroid dienone is 1. The number of aromatic nitrogens is 1. The zero-order chi connectivity index (χ0) is 36.0. The number of piperazine rings is 1. The number of ether oxygens (including phenoxy) is 1. The minimum atomic E-state index is -6.04. The Bertz CT molecular complexity index is 1560. The molecule has 0 bridgehead atoms. The predicted molar refractivity (Wildman–Crippen MR) is 163 cm³/mol. The van der Waals surface area contributed by atoms with Gasteiger partial charge in [-0.05, 0) is 71.4 Å². The molecule has 4 rings (SSSR count). The Morgan fingerprint density at radius 2 is 1.73 bits per heavy atom. The zero-order valence-corrected chi connectivity index (χ0v) is 27.1. The molecule has 0 spiro atoms. The van der Waals surface area contributed by atoms with E-state index in [2.05, 4.69) is 10.3 Å². The van der Waals surface area contributed by atoms with Gasteiger partial charge in [0.1, 0.15) is 12.3 Å². The van der Waals surface area contributed by atoms with E-state index in [1.807, 2.05) is 13.8 Å². The number of carbonyl (C=O) groups is 3. The molecular weight excluding hydrogens is 648 g/mol. The summed E-state index contributed by atoms with van der Waals surface area (Å²) in [6.45, 7) is 9.70. The molecule has 1 aromatic heterocycles. The van der Waals surface area contributed by atoms with Gasteiger partial charge in [0.2, 0.25) is 5.91 Å². The van der Waals surface area contributed by atoms with E-state index in [0.717, 1.165) is 11.0 Å². The lowest BCUT2D eigenvalue weighted by Gasteiger charge is -2.46. The van der Waals surface area contributed by atoms with Crippen LogP contribution in [0.5, 0.6) is 5.75 Å². The van der Waals surface area contributed by atoms with E-state index in [4.69, 9.17) is 4.74 Å². The zero-order valence-electron chi connectivity index (χ0n) is 27.1. The summed E-state index contributed by atoms with van der Waals surface area (Å²) in [5, 5.41) is 12.5. The van der Waals surface area contributed by atoms with Crippen molar-refractivity contribution < 1.29 is 50.6 Å². The second-order valence-corrected chi connectivity index (χ2v) is 12.4. The second-order valence-electron chi connectivity index (χ2n) is 12.4. The average Bonchev–Trinajstić information content (AvgIpc) is 3.20. The first-order valence-corrected chi connectivity index (χ1v) is 15.1. The lowest BCUT2D eigenvalue weighted by atomic mass is 9.89. The fourth-order valence-corrected chi connectivity index (χ4v) is 5.91. The van der Waals surface area contributed by atoms with Crippen LogP contribution in [0, 0.1) is 0 Å². The van der Waals surface area contributed by atoms with Gasteiger partial charge in [-0.25, -0.2) is 4.79 Å². The van der Waals surface area contributed by atoms with Crippen LogP contribution in [-0.4, -0.2) is 87.9 Å². The number of amides is 4. The molecule has 1 aromatic carbocycles. The highest BCUT2D eigenvalue weighted by Gasteiger charge is 2.71. The van der Waals surface area contributed by atoms with Gasteiger partial charge in [-0.15, -0.1) is 0 Å². The monoisotopic (exact) mass is 685 g/mol. The molecule has 48 heavy (non-hydrogen) atoms. The fraction of sp³-hybridized carbons (Fsp3) is 0.500. The summed E-state index contributed by atoms with van der Waals surface area (Å²) in [6, 6.07) is 3.67. The molecule has 2 saturated heterocycles. The maximum absolute atomic E-state index is 13.6. The number of hydrogen-bond acceptors (Lipinski definition) is 7. The van der Waals surface area contributed by atoms with Crippen molar-refractivity contribution in [2.75, 3.05) is 24.5 Å². The summed E-state index contributed by atoms with van der Waals surface area (Å²) in [6.07, 6.45) is -7.99. The van der Waals surface area contributed by atoms with E-state index < -0.39 is 65.5 Å². The van der Waals surface area contributed by atoms with E-state index >= 15 is 0 Å². The Labute approximate surface area is 273 Å². The van der Waals surface area contributed by atoms with E-state index in [9.17, 15) is 45.8 Å². The molecule has 10 nitrogen and oxygen atoms in total. The number of pyridine rings is 1. The summed E-state index contributed by atoms with van der Waals surface area (Å²) in [5.74, 6) is -0.750. The minimum Gasteiger partial charge on any atom is -0.489 e. The molecule has 4 amide bonds. The van der Waals surface area contributed by atoms with Crippen molar-refractivity contribution >= 4 is 29.6 Å². The maximum atomic E-state index is 13.6. The number of hydrogen-bond donors (Lipinski definition) is 2. The van der Waals surface area contributed by atoms with Crippen molar-refractivity contribution in [3.05, 3.63) is 59.4 Å². The lowest BCUT2D eigenvalue weighted by molar-refractivity contribution is -0.376. The number of alkyl halides is 6. The highest BCUT2D eigenvalue weighted by atomic mass is 19.4. The minimum absolute atomic E-state index is 0.00298. The molecule has 2 N–H and O–H groups in total. The number of anilines is 1. The van der Waals surface area contributed by atoms with Gasteiger partial charge >= 0.3 is 18.4 Å². The molecule has 2 aliphatic rings. The summed E-state index contributed by atoms with van der Waals surface area (Å²) >= 11 is 0. The van der Waals surface area contributed by atoms with E-state index in [-0.39, 0.29) is 36.1 Å².